The zero-order chi connectivity index (χ0) is 36.5. The Morgan fingerprint density at radius 1 is 0.660 bits per heavy atom. The first kappa shape index (κ1) is 35.4. The van der Waals surface area contributed by atoms with Crippen molar-refractivity contribution in [2.45, 2.75) is 37.6 Å². The zero-order valence-corrected chi connectivity index (χ0v) is 29.9. The summed E-state index contributed by atoms with van der Waals surface area (Å²) in [4.78, 5) is 37.4. The molecule has 0 saturated carbocycles. The van der Waals surface area contributed by atoms with Crippen molar-refractivity contribution in [3.63, 3.8) is 0 Å². The van der Waals surface area contributed by atoms with Crippen LogP contribution >= 0.6 is 0 Å². The molecule has 0 spiro atoms. The molecule has 0 unspecified atom stereocenters. The first-order chi connectivity index (χ1) is 26.0. The van der Waals surface area contributed by atoms with Crippen LogP contribution in [-0.2, 0) is 30.6 Å². The molecule has 0 atom stereocenters. The highest BCUT2D eigenvalue weighted by molar-refractivity contribution is 6.03. The minimum atomic E-state index is -1.19. The smallest absolute Gasteiger partial charge is 0.295 e. The first-order valence-electron chi connectivity index (χ1n) is 18.1. The number of rotatable bonds is 13. The van der Waals surface area contributed by atoms with Crippen molar-refractivity contribution >= 4 is 11.8 Å². The molecule has 7 rings (SSSR count). The van der Waals surface area contributed by atoms with Crippen LogP contribution in [0.3, 0.4) is 0 Å². The van der Waals surface area contributed by atoms with Crippen LogP contribution in [0, 0.1) is 0 Å². The average molecular weight is 705 g/mol. The molecular weight excluding hydrogens is 661 g/mol. The number of ether oxygens (including phenoxy) is 1. The molecule has 1 aliphatic rings. The fraction of sp³-hybridized carbons (Fsp3) is 0.200. The summed E-state index contributed by atoms with van der Waals surface area (Å²) in [6.45, 7) is 2.82. The second-order valence-corrected chi connectivity index (χ2v) is 13.4. The van der Waals surface area contributed by atoms with E-state index in [4.69, 9.17) is 9.57 Å². The molecule has 0 bridgehead atoms. The van der Waals surface area contributed by atoms with Crippen molar-refractivity contribution < 1.29 is 19.2 Å². The van der Waals surface area contributed by atoms with Crippen LogP contribution in [-0.4, -0.2) is 40.4 Å². The standard InChI is InChI=1S/C45H44N4O4/c1-48-32-40(43(50)46-39-27-29-49(30-28-39)31-34-17-7-2-8-18-34)42(52-33-35-19-9-3-10-20-35)41(48)44(51)47-53-45(36-21-11-4-12-22-36,37-23-13-5-14-24-37)38-25-15-6-16-26-38/h2-26,32,39H,27-31,33H2,1H3,(H,46,50)(H,47,51). The van der Waals surface area contributed by atoms with Gasteiger partial charge in [0.2, 0.25) is 0 Å². The Balaban J connectivity index is 1.16. The third kappa shape index (κ3) is 8.09. The van der Waals surface area contributed by atoms with Gasteiger partial charge in [0.15, 0.2) is 17.0 Å². The number of hydroxylamine groups is 1. The van der Waals surface area contributed by atoms with E-state index >= 15 is 0 Å². The van der Waals surface area contributed by atoms with Crippen molar-refractivity contribution in [1.29, 1.82) is 0 Å². The van der Waals surface area contributed by atoms with Crippen molar-refractivity contribution in [3.05, 3.63) is 197 Å². The van der Waals surface area contributed by atoms with E-state index in [1.54, 1.807) is 17.8 Å². The molecule has 1 saturated heterocycles. The molecule has 268 valence electrons. The third-order valence-corrected chi connectivity index (χ3v) is 9.83. The summed E-state index contributed by atoms with van der Waals surface area (Å²) in [5.41, 5.74) is 6.76. The lowest BCUT2D eigenvalue weighted by Gasteiger charge is -2.35. The summed E-state index contributed by atoms with van der Waals surface area (Å²) >= 11 is 0. The predicted molar refractivity (Wildman–Crippen MR) is 206 cm³/mol. The van der Waals surface area contributed by atoms with E-state index in [0.717, 1.165) is 54.7 Å². The van der Waals surface area contributed by atoms with Gasteiger partial charge >= 0.3 is 0 Å². The van der Waals surface area contributed by atoms with Crippen LogP contribution in [0.5, 0.6) is 5.75 Å². The lowest BCUT2D eigenvalue weighted by molar-refractivity contribution is -0.0479. The number of aryl methyl sites for hydroxylation is 1. The summed E-state index contributed by atoms with van der Waals surface area (Å²) in [5.74, 6) is -0.630. The van der Waals surface area contributed by atoms with E-state index in [9.17, 15) is 9.59 Å². The van der Waals surface area contributed by atoms with Crippen molar-refractivity contribution in [2.75, 3.05) is 13.1 Å². The van der Waals surface area contributed by atoms with Gasteiger partial charge in [-0.1, -0.05) is 152 Å². The van der Waals surface area contributed by atoms with Crippen molar-refractivity contribution in [3.8, 4) is 5.75 Å². The largest absolute Gasteiger partial charge is 0.486 e. The predicted octanol–water partition coefficient (Wildman–Crippen LogP) is 7.65. The number of hydrogen-bond donors (Lipinski definition) is 2. The second-order valence-electron chi connectivity index (χ2n) is 13.4. The Kier molecular flexibility index (Phi) is 11.1. The molecule has 6 aromatic rings. The summed E-state index contributed by atoms with van der Waals surface area (Å²) in [7, 11) is 1.74. The van der Waals surface area contributed by atoms with Crippen molar-refractivity contribution in [2.24, 2.45) is 7.05 Å². The summed E-state index contributed by atoms with van der Waals surface area (Å²) in [6, 6.07) is 49.6. The maximum absolute atomic E-state index is 14.4. The number of amides is 2. The van der Waals surface area contributed by atoms with Crippen LogP contribution in [0.2, 0.25) is 0 Å². The number of piperidine rings is 1. The molecule has 0 radical (unpaired) electrons. The maximum atomic E-state index is 14.4. The Morgan fingerprint density at radius 3 is 1.64 bits per heavy atom. The van der Waals surface area contributed by atoms with Gasteiger partial charge in [-0.2, -0.15) is 0 Å². The molecule has 5 aromatic carbocycles. The van der Waals surface area contributed by atoms with Crippen LogP contribution in [0.1, 0.15) is 61.5 Å². The molecule has 8 heteroatoms. The van der Waals surface area contributed by atoms with E-state index < -0.39 is 11.5 Å². The van der Waals surface area contributed by atoms with Gasteiger partial charge in [0.1, 0.15) is 6.61 Å². The molecule has 1 aliphatic heterocycles. The van der Waals surface area contributed by atoms with Gasteiger partial charge < -0.3 is 14.6 Å². The second kappa shape index (κ2) is 16.6. The van der Waals surface area contributed by atoms with E-state index in [1.165, 1.54) is 5.56 Å². The molecule has 0 aliphatic carbocycles. The number of benzene rings is 5. The fourth-order valence-electron chi connectivity index (χ4n) is 7.11. The first-order valence-corrected chi connectivity index (χ1v) is 18.1. The minimum absolute atomic E-state index is 0.000506. The Labute approximate surface area is 311 Å². The normalized spacial score (nSPS) is 13.7. The number of likely N-dealkylation sites (tertiary alicyclic amines) is 1. The Hall–Kier alpha value is -5.96. The van der Waals surface area contributed by atoms with E-state index in [0.29, 0.717) is 5.56 Å². The lowest BCUT2D eigenvalue weighted by atomic mass is 9.80. The average Bonchev–Trinajstić information content (AvgIpc) is 3.56. The Bertz CT molecular complexity index is 1980. The lowest BCUT2D eigenvalue weighted by Crippen LogP contribution is -2.44. The monoisotopic (exact) mass is 704 g/mol. The van der Waals surface area contributed by atoms with Gasteiger partial charge in [0, 0.05) is 38.9 Å². The zero-order valence-electron chi connectivity index (χ0n) is 29.9. The topological polar surface area (TPSA) is 84.8 Å². The molecule has 2 N–H and O–H groups in total. The number of nitrogens with zero attached hydrogens (tertiary/aromatic N) is 2. The van der Waals surface area contributed by atoms with Crippen LogP contribution < -0.4 is 15.5 Å². The van der Waals surface area contributed by atoms with E-state index in [1.807, 2.05) is 127 Å². The molecule has 1 fully saturated rings. The number of nitrogens with one attached hydrogen (secondary N) is 2. The number of carbonyl (C=O) groups is 2. The molecular formula is C45H44N4O4. The van der Waals surface area contributed by atoms with Crippen LogP contribution in [0.4, 0.5) is 0 Å². The number of hydrogen-bond acceptors (Lipinski definition) is 5. The number of carbonyl (C=O) groups excluding carboxylic acids is 2. The highest BCUT2D eigenvalue weighted by Gasteiger charge is 2.40. The minimum Gasteiger partial charge on any atom is -0.486 e. The van der Waals surface area contributed by atoms with Gasteiger partial charge in [-0.05, 0) is 40.7 Å². The summed E-state index contributed by atoms with van der Waals surface area (Å²) < 4.78 is 8.00. The highest BCUT2D eigenvalue weighted by atomic mass is 16.7. The SMILES string of the molecule is Cn1cc(C(=O)NC2CCN(Cc3ccccc3)CC2)c(OCc2ccccc2)c1C(=O)NOC(c1ccccc1)(c1ccccc1)c1ccccc1. The van der Waals surface area contributed by atoms with Crippen LogP contribution in [0.25, 0.3) is 0 Å². The molecule has 8 nitrogen and oxygen atoms in total. The highest BCUT2D eigenvalue weighted by Crippen LogP contribution is 2.40. The van der Waals surface area contributed by atoms with Gasteiger partial charge in [-0.3, -0.25) is 19.3 Å². The van der Waals surface area contributed by atoms with Gasteiger partial charge in [0.05, 0.1) is 5.56 Å². The van der Waals surface area contributed by atoms with Crippen LogP contribution in [0.15, 0.2) is 158 Å². The number of aromatic nitrogens is 1. The molecule has 53 heavy (non-hydrogen) atoms. The van der Waals surface area contributed by atoms with Gasteiger partial charge in [-0.15, -0.1) is 0 Å². The van der Waals surface area contributed by atoms with Gasteiger partial charge in [0.25, 0.3) is 11.8 Å². The third-order valence-electron chi connectivity index (χ3n) is 9.83. The molecule has 2 heterocycles. The van der Waals surface area contributed by atoms with E-state index in [-0.39, 0.29) is 30.0 Å². The summed E-state index contributed by atoms with van der Waals surface area (Å²) in [5, 5.41) is 3.24. The van der Waals surface area contributed by atoms with E-state index in [2.05, 4.69) is 40.0 Å². The summed E-state index contributed by atoms with van der Waals surface area (Å²) in [6.07, 6.45) is 3.31. The quantitative estimate of drug-likeness (QED) is 0.0954. The fourth-order valence-corrected chi connectivity index (χ4v) is 7.11. The Morgan fingerprint density at radius 2 is 1.13 bits per heavy atom. The maximum Gasteiger partial charge on any atom is 0.295 e. The molecule has 2 amide bonds. The van der Waals surface area contributed by atoms with Crippen molar-refractivity contribution in [1.82, 2.24) is 20.3 Å². The molecule has 1 aromatic heterocycles. The van der Waals surface area contributed by atoms with Gasteiger partial charge in [-0.25, -0.2) is 5.48 Å².